The highest BCUT2D eigenvalue weighted by molar-refractivity contribution is 9.11. The van der Waals surface area contributed by atoms with Crippen molar-refractivity contribution in [1.82, 2.24) is 4.98 Å². The second kappa shape index (κ2) is 7.89. The standard InChI is InChI=1S/C23H18Br2N2O3/c1-11-4-5-14(8-12(11)2)23-27-17-9-15(6-7-18(17)30-23)26-10-16-13(3)19(24)22(29)20(25)21(16)28/h4-10,28-29H,1-3H3. The molecule has 4 rings (SSSR count). The highest BCUT2D eigenvalue weighted by atomic mass is 79.9. The number of aliphatic imine (C=N–C) groups is 1. The van der Waals surface area contributed by atoms with E-state index in [1.807, 2.05) is 24.3 Å². The van der Waals surface area contributed by atoms with Gasteiger partial charge in [-0.3, -0.25) is 4.99 Å². The van der Waals surface area contributed by atoms with E-state index in [0.29, 0.717) is 38.3 Å². The minimum atomic E-state index is -0.0727. The summed E-state index contributed by atoms with van der Waals surface area (Å²) in [6.45, 7) is 5.92. The third kappa shape index (κ3) is 3.63. The minimum absolute atomic E-state index is 0.0509. The molecule has 4 aromatic rings. The molecule has 7 heteroatoms. The minimum Gasteiger partial charge on any atom is -0.506 e. The topological polar surface area (TPSA) is 78.9 Å². The number of aromatic hydroxyl groups is 2. The van der Waals surface area contributed by atoms with Crippen molar-refractivity contribution in [3.63, 3.8) is 0 Å². The number of fused-ring (bicyclic) bond motifs is 1. The highest BCUT2D eigenvalue weighted by Gasteiger charge is 2.17. The van der Waals surface area contributed by atoms with Crippen molar-refractivity contribution in [2.45, 2.75) is 20.8 Å². The summed E-state index contributed by atoms with van der Waals surface area (Å²) in [5.74, 6) is 0.440. The van der Waals surface area contributed by atoms with Crippen LogP contribution in [-0.4, -0.2) is 21.4 Å². The zero-order chi connectivity index (χ0) is 21.6. The number of hydrogen-bond donors (Lipinski definition) is 2. The van der Waals surface area contributed by atoms with Crippen molar-refractivity contribution in [2.24, 2.45) is 4.99 Å². The fourth-order valence-corrected chi connectivity index (χ4v) is 4.18. The van der Waals surface area contributed by atoms with Gasteiger partial charge < -0.3 is 14.6 Å². The van der Waals surface area contributed by atoms with Crippen molar-refractivity contribution in [2.75, 3.05) is 0 Å². The number of rotatable bonds is 3. The summed E-state index contributed by atoms with van der Waals surface area (Å²) in [6.07, 6.45) is 1.56. The first-order valence-corrected chi connectivity index (χ1v) is 10.8. The molecule has 3 aromatic carbocycles. The number of phenols is 2. The predicted molar refractivity (Wildman–Crippen MR) is 126 cm³/mol. The van der Waals surface area contributed by atoms with E-state index in [-0.39, 0.29) is 16.0 Å². The Morgan fingerprint density at radius 1 is 0.933 bits per heavy atom. The molecule has 1 aromatic heterocycles. The number of oxazole rings is 1. The Labute approximate surface area is 190 Å². The van der Waals surface area contributed by atoms with Gasteiger partial charge in [0.15, 0.2) is 5.58 Å². The van der Waals surface area contributed by atoms with Gasteiger partial charge in [-0.25, -0.2) is 4.98 Å². The van der Waals surface area contributed by atoms with Gasteiger partial charge in [0, 0.05) is 17.3 Å². The number of aromatic nitrogens is 1. The molecule has 1 heterocycles. The molecule has 5 nitrogen and oxygen atoms in total. The van der Waals surface area contributed by atoms with Crippen molar-refractivity contribution >= 4 is 54.9 Å². The zero-order valence-corrected chi connectivity index (χ0v) is 19.7. The molecule has 2 N–H and O–H groups in total. The van der Waals surface area contributed by atoms with Crippen LogP contribution in [0.1, 0.15) is 22.3 Å². The Kier molecular flexibility index (Phi) is 5.42. The highest BCUT2D eigenvalue weighted by Crippen LogP contribution is 2.43. The summed E-state index contributed by atoms with van der Waals surface area (Å²) in [7, 11) is 0. The van der Waals surface area contributed by atoms with E-state index in [1.54, 1.807) is 13.1 Å². The predicted octanol–water partition coefficient (Wildman–Crippen LogP) is 7.11. The first-order valence-electron chi connectivity index (χ1n) is 9.18. The lowest BCUT2D eigenvalue weighted by Gasteiger charge is -2.10. The Morgan fingerprint density at radius 3 is 2.43 bits per heavy atom. The van der Waals surface area contributed by atoms with Crippen LogP contribution in [-0.2, 0) is 0 Å². The lowest BCUT2D eigenvalue weighted by atomic mass is 10.1. The van der Waals surface area contributed by atoms with Crippen LogP contribution in [0.25, 0.3) is 22.6 Å². The fourth-order valence-electron chi connectivity index (χ4n) is 3.09. The first-order chi connectivity index (χ1) is 14.3. The van der Waals surface area contributed by atoms with E-state index < -0.39 is 0 Å². The second-order valence-corrected chi connectivity index (χ2v) is 8.68. The van der Waals surface area contributed by atoms with Gasteiger partial charge in [-0.05, 0) is 99.7 Å². The van der Waals surface area contributed by atoms with Crippen LogP contribution in [0.4, 0.5) is 5.69 Å². The molecule has 0 saturated heterocycles. The summed E-state index contributed by atoms with van der Waals surface area (Å²) in [5, 5.41) is 20.4. The van der Waals surface area contributed by atoms with E-state index >= 15 is 0 Å². The Hall–Kier alpha value is -2.64. The number of phenolic OH excluding ortho intramolecular Hbond substituents is 2. The molecule has 0 aliphatic carbocycles. The SMILES string of the molecule is Cc1ccc(-c2nc3cc(N=Cc4c(C)c(Br)c(O)c(Br)c4O)ccc3o2)cc1C. The fraction of sp³-hybridized carbons (Fsp3) is 0.130. The Bertz CT molecular complexity index is 1300. The van der Waals surface area contributed by atoms with E-state index in [1.165, 1.54) is 11.1 Å². The third-order valence-electron chi connectivity index (χ3n) is 5.08. The molecule has 30 heavy (non-hydrogen) atoms. The van der Waals surface area contributed by atoms with Crippen LogP contribution in [0.15, 0.2) is 54.8 Å². The summed E-state index contributed by atoms with van der Waals surface area (Å²) in [4.78, 5) is 9.08. The molecule has 0 atom stereocenters. The monoisotopic (exact) mass is 528 g/mol. The van der Waals surface area contributed by atoms with Crippen molar-refractivity contribution < 1.29 is 14.6 Å². The number of benzene rings is 3. The van der Waals surface area contributed by atoms with Crippen molar-refractivity contribution in [3.05, 3.63) is 67.6 Å². The van der Waals surface area contributed by atoms with Gasteiger partial charge in [0.2, 0.25) is 5.89 Å². The molecule has 0 aliphatic rings. The molecular formula is C23H18Br2N2O3. The number of nitrogens with zero attached hydrogens (tertiary/aromatic N) is 2. The average Bonchev–Trinajstić information content (AvgIpc) is 3.16. The maximum Gasteiger partial charge on any atom is 0.227 e. The molecule has 0 amide bonds. The van der Waals surface area contributed by atoms with Gasteiger partial charge in [0.25, 0.3) is 0 Å². The average molecular weight is 530 g/mol. The maximum absolute atomic E-state index is 10.4. The Balaban J connectivity index is 1.71. The summed E-state index contributed by atoms with van der Waals surface area (Å²) >= 11 is 6.53. The van der Waals surface area contributed by atoms with E-state index in [4.69, 9.17) is 4.42 Å². The van der Waals surface area contributed by atoms with Crippen LogP contribution in [0, 0.1) is 20.8 Å². The van der Waals surface area contributed by atoms with Crippen LogP contribution in [0.3, 0.4) is 0 Å². The molecule has 0 spiro atoms. The lowest BCUT2D eigenvalue weighted by molar-refractivity contribution is 0.441. The maximum atomic E-state index is 10.4. The van der Waals surface area contributed by atoms with Gasteiger partial charge in [0.1, 0.15) is 21.5 Å². The summed E-state index contributed by atoms with van der Waals surface area (Å²) in [5.41, 5.74) is 6.56. The molecular weight excluding hydrogens is 512 g/mol. The summed E-state index contributed by atoms with van der Waals surface area (Å²) in [6, 6.07) is 11.6. The molecule has 0 bridgehead atoms. The normalized spacial score (nSPS) is 11.6. The number of halogens is 2. The molecule has 0 unspecified atom stereocenters. The third-order valence-corrected chi connectivity index (χ3v) is 6.80. The summed E-state index contributed by atoms with van der Waals surface area (Å²) < 4.78 is 6.62. The molecule has 0 radical (unpaired) electrons. The lowest BCUT2D eigenvalue weighted by Crippen LogP contribution is -1.92. The molecule has 0 saturated carbocycles. The van der Waals surface area contributed by atoms with Crippen LogP contribution in [0.2, 0.25) is 0 Å². The van der Waals surface area contributed by atoms with Crippen LogP contribution in [0.5, 0.6) is 11.5 Å². The zero-order valence-electron chi connectivity index (χ0n) is 16.5. The Morgan fingerprint density at radius 2 is 1.70 bits per heavy atom. The smallest absolute Gasteiger partial charge is 0.227 e. The van der Waals surface area contributed by atoms with Crippen molar-refractivity contribution in [1.29, 1.82) is 0 Å². The van der Waals surface area contributed by atoms with Gasteiger partial charge >= 0.3 is 0 Å². The van der Waals surface area contributed by atoms with Crippen LogP contribution >= 0.6 is 31.9 Å². The van der Waals surface area contributed by atoms with Crippen molar-refractivity contribution in [3.8, 4) is 23.0 Å². The second-order valence-electron chi connectivity index (χ2n) is 7.09. The molecule has 0 fully saturated rings. The first kappa shape index (κ1) is 20.6. The van der Waals surface area contributed by atoms with E-state index in [0.717, 1.165) is 5.56 Å². The van der Waals surface area contributed by atoms with Gasteiger partial charge in [-0.15, -0.1) is 0 Å². The molecule has 0 aliphatic heterocycles. The molecule has 152 valence electrons. The van der Waals surface area contributed by atoms with Gasteiger partial charge in [0.05, 0.1) is 10.2 Å². The quantitative estimate of drug-likeness (QED) is 0.277. The number of aryl methyl sites for hydroxylation is 2. The van der Waals surface area contributed by atoms with E-state index in [2.05, 4.69) is 67.8 Å². The largest absolute Gasteiger partial charge is 0.506 e. The number of hydrogen-bond acceptors (Lipinski definition) is 5. The van der Waals surface area contributed by atoms with Gasteiger partial charge in [-0.1, -0.05) is 6.07 Å². The van der Waals surface area contributed by atoms with Gasteiger partial charge in [-0.2, -0.15) is 0 Å². The van der Waals surface area contributed by atoms with Crippen LogP contribution < -0.4 is 0 Å². The van der Waals surface area contributed by atoms with E-state index in [9.17, 15) is 10.2 Å².